The molecule has 0 aromatic heterocycles. The summed E-state index contributed by atoms with van der Waals surface area (Å²) in [5.74, 6) is 0.344. The molecule has 2 aromatic carbocycles. The average molecular weight is 419 g/mol. The molecule has 0 unspecified atom stereocenters. The summed E-state index contributed by atoms with van der Waals surface area (Å²) in [5.41, 5.74) is 0.789. The summed E-state index contributed by atoms with van der Waals surface area (Å²) in [6, 6.07) is 13.9. The maximum absolute atomic E-state index is 13.2. The van der Waals surface area contributed by atoms with Gasteiger partial charge >= 0.3 is 0 Å². The molecule has 7 nitrogen and oxygen atoms in total. The summed E-state index contributed by atoms with van der Waals surface area (Å²) in [7, 11) is 0.930. The third kappa shape index (κ3) is 4.38. The molecule has 1 saturated heterocycles. The van der Waals surface area contributed by atoms with Crippen LogP contribution in [0.4, 0.5) is 5.69 Å². The molecule has 1 aliphatic heterocycles. The first-order valence-electron chi connectivity index (χ1n) is 9.43. The van der Waals surface area contributed by atoms with E-state index in [1.807, 2.05) is 30.3 Å². The molecule has 0 spiro atoms. The van der Waals surface area contributed by atoms with Gasteiger partial charge in [0.25, 0.3) is 0 Å². The molecule has 1 fully saturated rings. The average Bonchev–Trinajstić information content (AvgIpc) is 2.78. The second-order valence-electron chi connectivity index (χ2n) is 6.95. The molecule has 1 heterocycles. The maximum atomic E-state index is 13.2. The second-order valence-corrected chi connectivity index (χ2v) is 8.89. The van der Waals surface area contributed by atoms with Gasteiger partial charge in [-0.25, -0.2) is 8.42 Å². The fourth-order valence-corrected chi connectivity index (χ4v) is 5.08. The number of para-hydroxylation sites is 1. The highest BCUT2D eigenvalue weighted by Gasteiger charge is 2.35. The number of sulfonamides is 1. The molecule has 156 valence electrons. The van der Waals surface area contributed by atoms with Gasteiger partial charge in [0.15, 0.2) is 11.5 Å². The van der Waals surface area contributed by atoms with Crippen molar-refractivity contribution in [2.75, 3.05) is 39.3 Å². The number of anilines is 1. The Morgan fingerprint density at radius 1 is 1.07 bits per heavy atom. The number of piperidine rings is 1. The molecular formula is C21H26N2O5S. The van der Waals surface area contributed by atoms with Crippen LogP contribution in [0.1, 0.15) is 12.8 Å². The summed E-state index contributed by atoms with van der Waals surface area (Å²) in [6.07, 6.45) is 1.29. The van der Waals surface area contributed by atoms with Crippen LogP contribution in [-0.4, -0.2) is 53.0 Å². The molecule has 1 amide bonds. The summed E-state index contributed by atoms with van der Waals surface area (Å²) < 4.78 is 38.1. The lowest BCUT2D eigenvalue weighted by molar-refractivity contribution is -0.123. The summed E-state index contributed by atoms with van der Waals surface area (Å²) in [5, 5.41) is 0. The van der Waals surface area contributed by atoms with E-state index in [0.717, 1.165) is 5.69 Å². The minimum Gasteiger partial charge on any atom is -0.493 e. The summed E-state index contributed by atoms with van der Waals surface area (Å²) in [4.78, 5) is 14.7. The Balaban J connectivity index is 1.80. The predicted octanol–water partition coefficient (Wildman–Crippen LogP) is 2.77. The van der Waals surface area contributed by atoms with Crippen molar-refractivity contribution in [3.05, 3.63) is 48.5 Å². The molecule has 29 heavy (non-hydrogen) atoms. The summed E-state index contributed by atoms with van der Waals surface area (Å²) >= 11 is 0. The van der Waals surface area contributed by atoms with E-state index >= 15 is 0 Å². The van der Waals surface area contributed by atoms with Gasteiger partial charge in [-0.15, -0.1) is 0 Å². The van der Waals surface area contributed by atoms with Gasteiger partial charge in [-0.3, -0.25) is 4.79 Å². The van der Waals surface area contributed by atoms with Crippen LogP contribution in [0.3, 0.4) is 0 Å². The molecule has 0 N–H and O–H groups in total. The van der Waals surface area contributed by atoms with E-state index in [0.29, 0.717) is 30.9 Å². The zero-order chi connectivity index (χ0) is 21.0. The van der Waals surface area contributed by atoms with Gasteiger partial charge in [-0.05, 0) is 37.1 Å². The normalized spacial score (nSPS) is 17.6. The van der Waals surface area contributed by atoms with E-state index < -0.39 is 10.0 Å². The van der Waals surface area contributed by atoms with E-state index in [4.69, 9.17) is 9.47 Å². The van der Waals surface area contributed by atoms with Gasteiger partial charge in [0, 0.05) is 31.9 Å². The van der Waals surface area contributed by atoms with Crippen LogP contribution in [0, 0.1) is 5.92 Å². The van der Waals surface area contributed by atoms with Crippen molar-refractivity contribution < 1.29 is 22.7 Å². The van der Waals surface area contributed by atoms with Crippen molar-refractivity contribution in [3.63, 3.8) is 0 Å². The van der Waals surface area contributed by atoms with Crippen molar-refractivity contribution in [2.24, 2.45) is 5.92 Å². The number of benzene rings is 2. The van der Waals surface area contributed by atoms with Crippen molar-refractivity contribution in [3.8, 4) is 11.5 Å². The second kappa shape index (κ2) is 8.84. The molecule has 3 rings (SSSR count). The number of methoxy groups -OCH3 is 2. The third-order valence-electron chi connectivity index (χ3n) is 5.20. The van der Waals surface area contributed by atoms with Gasteiger partial charge in [-0.1, -0.05) is 18.2 Å². The van der Waals surface area contributed by atoms with Gasteiger partial charge in [0.2, 0.25) is 15.9 Å². The molecule has 0 bridgehead atoms. The maximum Gasteiger partial charge on any atom is 0.243 e. The highest BCUT2D eigenvalue weighted by atomic mass is 32.2. The van der Waals surface area contributed by atoms with Crippen molar-refractivity contribution in [1.82, 2.24) is 4.31 Å². The molecule has 2 aromatic rings. The first-order valence-corrected chi connectivity index (χ1v) is 10.9. The smallest absolute Gasteiger partial charge is 0.243 e. The molecular weight excluding hydrogens is 392 g/mol. The zero-order valence-electron chi connectivity index (χ0n) is 16.9. The number of hydrogen-bond acceptors (Lipinski definition) is 5. The number of hydrogen-bond donors (Lipinski definition) is 0. The fraction of sp³-hybridized carbons (Fsp3) is 0.381. The highest BCUT2D eigenvalue weighted by molar-refractivity contribution is 7.89. The lowest BCUT2D eigenvalue weighted by atomic mass is 9.98. The van der Waals surface area contributed by atoms with Crippen LogP contribution < -0.4 is 14.4 Å². The first kappa shape index (κ1) is 21.1. The third-order valence-corrected chi connectivity index (χ3v) is 7.06. The number of ether oxygens (including phenoxy) is 2. The predicted molar refractivity (Wildman–Crippen MR) is 111 cm³/mol. The van der Waals surface area contributed by atoms with Crippen molar-refractivity contribution in [2.45, 2.75) is 17.7 Å². The van der Waals surface area contributed by atoms with Gasteiger partial charge in [0.1, 0.15) is 0 Å². The molecule has 0 saturated carbocycles. The Hall–Kier alpha value is -2.58. The van der Waals surface area contributed by atoms with Crippen molar-refractivity contribution >= 4 is 21.6 Å². The van der Waals surface area contributed by atoms with Crippen LogP contribution >= 0.6 is 0 Å². The Bertz CT molecular complexity index is 962. The number of carbonyl (C=O) groups is 1. The monoisotopic (exact) mass is 418 g/mol. The Morgan fingerprint density at radius 3 is 2.41 bits per heavy atom. The topological polar surface area (TPSA) is 76.2 Å². The van der Waals surface area contributed by atoms with E-state index in [9.17, 15) is 13.2 Å². The Morgan fingerprint density at radius 2 is 1.76 bits per heavy atom. The van der Waals surface area contributed by atoms with E-state index in [1.54, 1.807) is 18.0 Å². The standard InChI is InChI=1S/C21H26N2O5S/c1-22(17-9-5-4-6-10-17)21(24)16-8-7-13-23(15-16)29(25,26)18-11-12-19(27-2)20(14-18)28-3/h4-6,9-12,14,16H,7-8,13,15H2,1-3H3/t16-/m0/s1. The Kier molecular flexibility index (Phi) is 6.44. The molecule has 1 atom stereocenters. The van der Waals surface area contributed by atoms with Crippen LogP contribution in [0.25, 0.3) is 0 Å². The van der Waals surface area contributed by atoms with Gasteiger partial charge < -0.3 is 14.4 Å². The van der Waals surface area contributed by atoms with Gasteiger partial charge in [0.05, 0.1) is 25.0 Å². The van der Waals surface area contributed by atoms with E-state index in [1.165, 1.54) is 30.7 Å². The van der Waals surface area contributed by atoms with Crippen LogP contribution in [0.15, 0.2) is 53.4 Å². The lowest BCUT2D eigenvalue weighted by Crippen LogP contribution is -2.45. The zero-order valence-corrected chi connectivity index (χ0v) is 17.7. The lowest BCUT2D eigenvalue weighted by Gasteiger charge is -2.33. The van der Waals surface area contributed by atoms with Crippen molar-refractivity contribution in [1.29, 1.82) is 0 Å². The summed E-state index contributed by atoms with van der Waals surface area (Å²) in [6.45, 7) is 0.544. The number of carbonyl (C=O) groups excluding carboxylic acids is 1. The van der Waals surface area contributed by atoms with Gasteiger partial charge in [-0.2, -0.15) is 4.31 Å². The SMILES string of the molecule is COc1ccc(S(=O)(=O)N2CCC[C@H](C(=O)N(C)c3ccccc3)C2)cc1OC. The van der Waals surface area contributed by atoms with E-state index in [2.05, 4.69) is 0 Å². The number of amides is 1. The fourth-order valence-electron chi connectivity index (χ4n) is 3.54. The van der Waals surface area contributed by atoms with Crippen LogP contribution in [0.2, 0.25) is 0 Å². The molecule has 0 aliphatic carbocycles. The minimum atomic E-state index is -3.75. The Labute approximate surface area is 171 Å². The highest BCUT2D eigenvalue weighted by Crippen LogP contribution is 2.32. The quantitative estimate of drug-likeness (QED) is 0.721. The first-order chi connectivity index (χ1) is 13.9. The molecule has 0 radical (unpaired) electrons. The molecule has 1 aliphatic rings. The van der Waals surface area contributed by atoms with Crippen LogP contribution in [-0.2, 0) is 14.8 Å². The van der Waals surface area contributed by atoms with Crippen LogP contribution in [0.5, 0.6) is 11.5 Å². The molecule has 8 heteroatoms. The largest absolute Gasteiger partial charge is 0.493 e. The number of nitrogens with zero attached hydrogens (tertiary/aromatic N) is 2. The minimum absolute atomic E-state index is 0.0802. The van der Waals surface area contributed by atoms with E-state index in [-0.39, 0.29) is 23.3 Å². The number of rotatable bonds is 6.